The summed E-state index contributed by atoms with van der Waals surface area (Å²) >= 11 is 0. The number of carbonyl (C=O) groups excluding carboxylic acids is 1. The fourth-order valence-electron chi connectivity index (χ4n) is 5.06. The lowest BCUT2D eigenvalue weighted by atomic mass is 9.87. The number of amides is 1. The average Bonchev–Trinajstić information content (AvgIpc) is 3.22. The molecule has 6 heteroatoms. The maximum atomic E-state index is 14.8. The number of nitrogens with zero attached hydrogens (tertiary/aromatic N) is 2. The van der Waals surface area contributed by atoms with Crippen molar-refractivity contribution in [3.8, 4) is 16.9 Å². The van der Waals surface area contributed by atoms with Crippen LogP contribution in [0.5, 0.6) is 0 Å². The molecule has 0 aliphatic heterocycles. The third-order valence-corrected chi connectivity index (χ3v) is 7.33. The molecule has 1 atom stereocenters. The van der Waals surface area contributed by atoms with Crippen LogP contribution in [0.15, 0.2) is 36.4 Å². The van der Waals surface area contributed by atoms with Crippen molar-refractivity contribution in [1.29, 1.82) is 0 Å². The van der Waals surface area contributed by atoms with E-state index < -0.39 is 11.6 Å². The standard InChI is InChI=1S/C29H35F2N3O/c1-5-20(6-2)9-7-19(4)17-32-29(35)27-24-13-10-21-15-18(3)8-12-23(21)28(24)34(33-27)26-14-11-22(30)16-25(26)31/h8,11-12,14-16,19-20H,5-7,9-10,13,17H2,1-4H3,(H,32,35). The van der Waals surface area contributed by atoms with Crippen molar-refractivity contribution in [2.24, 2.45) is 11.8 Å². The van der Waals surface area contributed by atoms with Crippen LogP contribution in [-0.4, -0.2) is 22.2 Å². The molecule has 1 unspecified atom stereocenters. The van der Waals surface area contributed by atoms with Crippen LogP contribution >= 0.6 is 0 Å². The quantitative estimate of drug-likeness (QED) is 0.367. The highest BCUT2D eigenvalue weighted by Gasteiger charge is 2.30. The molecule has 0 bridgehead atoms. The number of rotatable bonds is 9. The van der Waals surface area contributed by atoms with Gasteiger partial charge in [-0.3, -0.25) is 4.79 Å². The molecule has 0 fully saturated rings. The SMILES string of the molecule is CCC(CC)CCC(C)CNC(=O)c1nn(-c2ccc(F)cc2F)c2c1CCc1cc(C)ccc1-2. The third kappa shape index (κ3) is 5.31. The summed E-state index contributed by atoms with van der Waals surface area (Å²) < 4.78 is 29.9. The smallest absolute Gasteiger partial charge is 0.272 e. The van der Waals surface area contributed by atoms with Gasteiger partial charge >= 0.3 is 0 Å². The summed E-state index contributed by atoms with van der Waals surface area (Å²) in [4.78, 5) is 13.3. The van der Waals surface area contributed by atoms with Crippen molar-refractivity contribution in [1.82, 2.24) is 15.1 Å². The first kappa shape index (κ1) is 25.1. The number of aromatic nitrogens is 2. The van der Waals surface area contributed by atoms with Gasteiger partial charge in [-0.25, -0.2) is 13.5 Å². The van der Waals surface area contributed by atoms with Crippen LogP contribution in [0.2, 0.25) is 0 Å². The zero-order valence-electron chi connectivity index (χ0n) is 21.1. The minimum absolute atomic E-state index is 0.133. The molecule has 1 aliphatic rings. The van der Waals surface area contributed by atoms with Gasteiger partial charge in [0.05, 0.1) is 5.69 Å². The molecule has 4 nitrogen and oxygen atoms in total. The highest BCUT2D eigenvalue weighted by Crippen LogP contribution is 2.38. The predicted molar refractivity (Wildman–Crippen MR) is 136 cm³/mol. The molecule has 0 saturated heterocycles. The van der Waals surface area contributed by atoms with Gasteiger partial charge in [0.15, 0.2) is 11.5 Å². The first-order valence-corrected chi connectivity index (χ1v) is 12.8. The topological polar surface area (TPSA) is 46.9 Å². The molecule has 1 N–H and O–H groups in total. The van der Waals surface area contributed by atoms with Gasteiger partial charge in [0.25, 0.3) is 5.91 Å². The van der Waals surface area contributed by atoms with E-state index in [-0.39, 0.29) is 11.6 Å². The van der Waals surface area contributed by atoms with E-state index in [0.29, 0.717) is 30.3 Å². The number of halogens is 2. The molecule has 1 aromatic heterocycles. The van der Waals surface area contributed by atoms with E-state index in [9.17, 15) is 13.6 Å². The van der Waals surface area contributed by atoms with E-state index in [0.717, 1.165) is 53.5 Å². The Morgan fingerprint density at radius 2 is 1.86 bits per heavy atom. The Bertz CT molecular complexity index is 1210. The van der Waals surface area contributed by atoms with Crippen LogP contribution in [0.3, 0.4) is 0 Å². The molecule has 4 rings (SSSR count). The van der Waals surface area contributed by atoms with Crippen LogP contribution in [0.1, 0.15) is 73.6 Å². The van der Waals surface area contributed by atoms with E-state index in [1.165, 1.54) is 29.7 Å². The molecule has 2 aromatic carbocycles. The molecule has 1 aliphatic carbocycles. The summed E-state index contributed by atoms with van der Waals surface area (Å²) in [5.74, 6) is -0.520. The molecule has 0 spiro atoms. The number of nitrogens with one attached hydrogen (secondary N) is 1. The van der Waals surface area contributed by atoms with E-state index in [1.807, 2.05) is 19.1 Å². The molecule has 186 valence electrons. The van der Waals surface area contributed by atoms with Crippen molar-refractivity contribution in [3.05, 3.63) is 70.4 Å². The van der Waals surface area contributed by atoms with Gasteiger partial charge in [0, 0.05) is 23.7 Å². The second kappa shape index (κ2) is 10.7. The lowest BCUT2D eigenvalue weighted by Crippen LogP contribution is -2.29. The minimum Gasteiger partial charge on any atom is -0.350 e. The Balaban J connectivity index is 1.65. The van der Waals surface area contributed by atoms with E-state index >= 15 is 0 Å². The van der Waals surface area contributed by atoms with Crippen molar-refractivity contribution in [3.63, 3.8) is 0 Å². The molecule has 0 saturated carbocycles. The van der Waals surface area contributed by atoms with E-state index in [2.05, 4.69) is 37.3 Å². The summed E-state index contributed by atoms with van der Waals surface area (Å²) in [6, 6.07) is 9.58. The second-order valence-corrected chi connectivity index (χ2v) is 9.92. The van der Waals surface area contributed by atoms with Crippen molar-refractivity contribution >= 4 is 5.91 Å². The zero-order chi connectivity index (χ0) is 25.1. The molecule has 1 amide bonds. The monoisotopic (exact) mass is 479 g/mol. The minimum atomic E-state index is -0.712. The highest BCUT2D eigenvalue weighted by molar-refractivity contribution is 5.96. The number of carbonyl (C=O) groups is 1. The number of aryl methyl sites for hydroxylation is 2. The zero-order valence-corrected chi connectivity index (χ0v) is 21.1. The average molecular weight is 480 g/mol. The molecule has 0 radical (unpaired) electrons. The Labute approximate surface area is 206 Å². The number of hydrogen-bond acceptors (Lipinski definition) is 2. The van der Waals surface area contributed by atoms with Crippen molar-refractivity contribution < 1.29 is 13.6 Å². The van der Waals surface area contributed by atoms with Crippen LogP contribution in [0.4, 0.5) is 8.78 Å². The lowest BCUT2D eigenvalue weighted by Gasteiger charge is -2.20. The van der Waals surface area contributed by atoms with Crippen molar-refractivity contribution in [2.75, 3.05) is 6.54 Å². The fraction of sp³-hybridized carbons (Fsp3) is 0.448. The summed E-state index contributed by atoms with van der Waals surface area (Å²) in [7, 11) is 0. The largest absolute Gasteiger partial charge is 0.350 e. The Morgan fingerprint density at radius 3 is 2.57 bits per heavy atom. The first-order chi connectivity index (χ1) is 16.8. The van der Waals surface area contributed by atoms with Gasteiger partial charge < -0.3 is 5.32 Å². The molecule has 35 heavy (non-hydrogen) atoms. The predicted octanol–water partition coefficient (Wildman–Crippen LogP) is 6.81. The normalized spacial score (nSPS) is 13.5. The maximum absolute atomic E-state index is 14.8. The number of hydrogen-bond donors (Lipinski definition) is 1. The van der Waals surface area contributed by atoms with E-state index in [1.54, 1.807) is 0 Å². The van der Waals surface area contributed by atoms with Crippen LogP contribution in [0, 0.1) is 30.4 Å². The van der Waals surface area contributed by atoms with Gasteiger partial charge in [-0.2, -0.15) is 5.10 Å². The molecular weight excluding hydrogens is 444 g/mol. The fourth-order valence-corrected chi connectivity index (χ4v) is 5.06. The third-order valence-electron chi connectivity index (χ3n) is 7.33. The summed E-state index contributed by atoms with van der Waals surface area (Å²) in [5, 5.41) is 7.66. The van der Waals surface area contributed by atoms with Gasteiger partial charge in [-0.1, -0.05) is 63.8 Å². The molecule has 3 aromatic rings. The van der Waals surface area contributed by atoms with Gasteiger partial charge in [0.1, 0.15) is 11.5 Å². The van der Waals surface area contributed by atoms with E-state index in [4.69, 9.17) is 0 Å². The number of benzene rings is 2. The molecule has 1 heterocycles. The van der Waals surface area contributed by atoms with Crippen LogP contribution in [0.25, 0.3) is 16.9 Å². The summed E-state index contributed by atoms with van der Waals surface area (Å²) in [5.41, 5.74) is 5.20. The Hall–Kier alpha value is -3.02. The lowest BCUT2D eigenvalue weighted by molar-refractivity contribution is 0.0940. The Morgan fingerprint density at radius 1 is 1.09 bits per heavy atom. The Kier molecular flexibility index (Phi) is 7.68. The molecular formula is C29H35F2N3O. The van der Waals surface area contributed by atoms with Crippen molar-refractivity contribution in [2.45, 2.75) is 66.2 Å². The number of fused-ring (bicyclic) bond motifs is 3. The van der Waals surface area contributed by atoms with Crippen LogP contribution in [-0.2, 0) is 12.8 Å². The first-order valence-electron chi connectivity index (χ1n) is 12.8. The summed E-state index contributed by atoms with van der Waals surface area (Å²) in [6.07, 6.45) is 6.01. The van der Waals surface area contributed by atoms with Gasteiger partial charge in [0.2, 0.25) is 0 Å². The second-order valence-electron chi connectivity index (χ2n) is 9.92. The van der Waals surface area contributed by atoms with Gasteiger partial charge in [-0.05, 0) is 55.7 Å². The highest BCUT2D eigenvalue weighted by atomic mass is 19.1. The summed E-state index contributed by atoms with van der Waals surface area (Å²) in [6.45, 7) is 9.22. The van der Waals surface area contributed by atoms with Gasteiger partial charge in [-0.15, -0.1) is 0 Å². The van der Waals surface area contributed by atoms with Crippen LogP contribution < -0.4 is 5.32 Å². The maximum Gasteiger partial charge on any atom is 0.272 e.